The Kier molecular flexibility index (Phi) is 5.60. The van der Waals surface area contributed by atoms with E-state index in [4.69, 9.17) is 0 Å². The van der Waals surface area contributed by atoms with Gasteiger partial charge in [-0.25, -0.2) is 0 Å². The second kappa shape index (κ2) is 6.38. The third-order valence-corrected chi connectivity index (χ3v) is 5.09. The van der Waals surface area contributed by atoms with E-state index in [1.807, 2.05) is 13.8 Å². The van der Waals surface area contributed by atoms with Crippen molar-refractivity contribution in [3.05, 3.63) is 12.2 Å². The minimum Gasteiger partial charge on any atom is -0.396 e. The summed E-state index contributed by atoms with van der Waals surface area (Å²) in [6, 6.07) is 0. The largest absolute Gasteiger partial charge is 0.396 e. The Morgan fingerprint density at radius 1 is 1.37 bits per heavy atom. The second-order valence-corrected chi connectivity index (χ2v) is 6.77. The van der Waals surface area contributed by atoms with Crippen LogP contribution in [0.4, 0.5) is 0 Å². The van der Waals surface area contributed by atoms with Gasteiger partial charge < -0.3 is 15.3 Å². The van der Waals surface area contributed by atoms with Crippen LogP contribution in [0.15, 0.2) is 12.2 Å². The van der Waals surface area contributed by atoms with Crippen LogP contribution < -0.4 is 0 Å². The molecule has 0 spiro atoms. The maximum atomic E-state index is 10.7. The summed E-state index contributed by atoms with van der Waals surface area (Å²) in [5, 5.41) is 30.6. The van der Waals surface area contributed by atoms with Crippen LogP contribution in [0.3, 0.4) is 0 Å². The van der Waals surface area contributed by atoms with E-state index in [0.29, 0.717) is 18.3 Å². The van der Waals surface area contributed by atoms with Crippen LogP contribution in [-0.4, -0.2) is 33.6 Å². The van der Waals surface area contributed by atoms with Gasteiger partial charge in [0.1, 0.15) is 0 Å². The molecule has 0 aromatic rings. The van der Waals surface area contributed by atoms with Gasteiger partial charge in [0.25, 0.3) is 0 Å². The molecule has 0 saturated heterocycles. The molecule has 0 amide bonds. The highest BCUT2D eigenvalue weighted by Crippen LogP contribution is 2.44. The van der Waals surface area contributed by atoms with Gasteiger partial charge in [0.05, 0.1) is 11.7 Å². The van der Waals surface area contributed by atoms with Crippen molar-refractivity contribution in [3.63, 3.8) is 0 Å². The smallest absolute Gasteiger partial charge is 0.0912 e. The van der Waals surface area contributed by atoms with Gasteiger partial charge in [-0.15, -0.1) is 0 Å². The zero-order chi connectivity index (χ0) is 14.8. The second-order valence-electron chi connectivity index (χ2n) is 6.77. The van der Waals surface area contributed by atoms with Gasteiger partial charge in [-0.05, 0) is 49.9 Å². The average molecular weight is 270 g/mol. The van der Waals surface area contributed by atoms with Crippen molar-refractivity contribution in [3.8, 4) is 0 Å². The molecule has 0 heterocycles. The van der Waals surface area contributed by atoms with Crippen LogP contribution in [0, 0.1) is 23.7 Å². The molecule has 1 saturated carbocycles. The van der Waals surface area contributed by atoms with Gasteiger partial charge in [-0.1, -0.05) is 32.9 Å². The number of aliphatic hydroxyl groups excluding tert-OH is 2. The molecule has 1 fully saturated rings. The molecule has 0 unspecified atom stereocenters. The topological polar surface area (TPSA) is 60.7 Å². The van der Waals surface area contributed by atoms with Gasteiger partial charge in [0.2, 0.25) is 0 Å². The molecule has 3 N–H and O–H groups in total. The Morgan fingerprint density at radius 2 is 1.95 bits per heavy atom. The molecule has 0 aromatic heterocycles. The number of hydrogen-bond donors (Lipinski definition) is 3. The molecule has 19 heavy (non-hydrogen) atoms. The van der Waals surface area contributed by atoms with Crippen LogP contribution >= 0.6 is 0 Å². The van der Waals surface area contributed by atoms with E-state index in [0.717, 1.165) is 18.4 Å². The van der Waals surface area contributed by atoms with Crippen molar-refractivity contribution < 1.29 is 15.3 Å². The van der Waals surface area contributed by atoms with Crippen molar-refractivity contribution >= 4 is 0 Å². The summed E-state index contributed by atoms with van der Waals surface area (Å²) in [5.41, 5.74) is -0.199. The molecular formula is C16H30O3. The fraction of sp³-hybridized carbons (Fsp3) is 0.875. The van der Waals surface area contributed by atoms with Gasteiger partial charge in [0.15, 0.2) is 0 Å². The van der Waals surface area contributed by atoms with Crippen LogP contribution in [0.25, 0.3) is 0 Å². The first-order valence-electron chi connectivity index (χ1n) is 7.40. The molecule has 1 aliphatic rings. The van der Waals surface area contributed by atoms with Gasteiger partial charge in [0, 0.05) is 6.61 Å². The highest BCUT2D eigenvalue weighted by Gasteiger charge is 2.47. The Hall–Kier alpha value is -0.380. The van der Waals surface area contributed by atoms with E-state index in [-0.39, 0.29) is 18.4 Å². The van der Waals surface area contributed by atoms with Crippen LogP contribution in [0.2, 0.25) is 0 Å². The molecule has 0 bridgehead atoms. The van der Waals surface area contributed by atoms with E-state index < -0.39 is 11.7 Å². The van der Waals surface area contributed by atoms with E-state index in [9.17, 15) is 15.3 Å². The molecular weight excluding hydrogens is 240 g/mol. The number of rotatable bonds is 6. The molecule has 0 aliphatic heterocycles. The third kappa shape index (κ3) is 3.59. The van der Waals surface area contributed by atoms with Gasteiger partial charge in [-0.2, -0.15) is 0 Å². The van der Waals surface area contributed by atoms with Gasteiger partial charge in [-0.3, -0.25) is 0 Å². The predicted octanol–water partition coefficient (Wildman–Crippen LogP) is 2.36. The van der Waals surface area contributed by atoms with Crippen molar-refractivity contribution in [2.75, 3.05) is 6.61 Å². The molecule has 112 valence electrons. The van der Waals surface area contributed by atoms with Crippen molar-refractivity contribution in [1.82, 2.24) is 0 Å². The lowest BCUT2D eigenvalue weighted by molar-refractivity contribution is -0.116. The highest BCUT2D eigenvalue weighted by atomic mass is 16.3. The summed E-state index contributed by atoms with van der Waals surface area (Å²) >= 11 is 0. The molecule has 1 rings (SSSR count). The zero-order valence-electron chi connectivity index (χ0n) is 12.8. The lowest BCUT2D eigenvalue weighted by atomic mass is 9.74. The summed E-state index contributed by atoms with van der Waals surface area (Å²) < 4.78 is 0. The highest BCUT2D eigenvalue weighted by molar-refractivity contribution is 5.05. The molecule has 1 aliphatic carbocycles. The van der Waals surface area contributed by atoms with Crippen molar-refractivity contribution in [2.45, 2.75) is 58.7 Å². The summed E-state index contributed by atoms with van der Waals surface area (Å²) in [4.78, 5) is 0. The lowest BCUT2D eigenvalue weighted by Crippen LogP contribution is -2.48. The van der Waals surface area contributed by atoms with Crippen LogP contribution in [0.5, 0.6) is 0 Å². The fourth-order valence-electron chi connectivity index (χ4n) is 3.24. The number of aliphatic hydroxyl groups is 3. The van der Waals surface area contributed by atoms with E-state index in [1.54, 1.807) is 6.92 Å². The first-order chi connectivity index (χ1) is 8.71. The van der Waals surface area contributed by atoms with E-state index in [2.05, 4.69) is 13.5 Å². The number of hydrogen-bond acceptors (Lipinski definition) is 3. The van der Waals surface area contributed by atoms with Crippen molar-refractivity contribution in [1.29, 1.82) is 0 Å². The zero-order valence-corrected chi connectivity index (χ0v) is 12.8. The average Bonchev–Trinajstić information content (AvgIpc) is 2.70. The van der Waals surface area contributed by atoms with Crippen LogP contribution in [0.1, 0.15) is 47.0 Å². The molecule has 0 radical (unpaired) electrons. The molecule has 3 heteroatoms. The van der Waals surface area contributed by atoms with Gasteiger partial charge >= 0.3 is 0 Å². The predicted molar refractivity (Wildman–Crippen MR) is 77.7 cm³/mol. The SMILES string of the molecule is C=C(C[C@H](O)[C@](C)(O)[C@H]1CC[C@H](C)[C@H]1CO)C(C)C. The minimum atomic E-state index is -1.16. The summed E-state index contributed by atoms with van der Waals surface area (Å²) in [6.45, 7) is 11.9. The quantitative estimate of drug-likeness (QED) is 0.649. The van der Waals surface area contributed by atoms with E-state index >= 15 is 0 Å². The maximum Gasteiger partial charge on any atom is 0.0912 e. The molecule has 0 aromatic carbocycles. The minimum absolute atomic E-state index is 0.0394. The third-order valence-electron chi connectivity index (χ3n) is 5.09. The Labute approximate surface area is 117 Å². The Bertz CT molecular complexity index is 309. The Morgan fingerprint density at radius 3 is 2.42 bits per heavy atom. The first kappa shape index (κ1) is 16.7. The molecule has 5 atom stereocenters. The standard InChI is InChI=1S/C16H30O3/c1-10(2)12(4)8-15(18)16(5,19)14-7-6-11(3)13(14)9-17/h10-11,13-15,17-19H,4,6-9H2,1-3,5H3/t11-,13+,14-,15-,16+/m0/s1. The normalized spacial score (nSPS) is 32.3. The summed E-state index contributed by atoms with van der Waals surface area (Å²) in [7, 11) is 0. The van der Waals surface area contributed by atoms with Crippen LogP contribution in [-0.2, 0) is 0 Å². The fourth-order valence-corrected chi connectivity index (χ4v) is 3.24. The maximum absolute atomic E-state index is 10.7. The summed E-state index contributed by atoms with van der Waals surface area (Å²) in [6.07, 6.45) is 1.48. The van der Waals surface area contributed by atoms with Crippen molar-refractivity contribution in [2.24, 2.45) is 23.7 Å². The Balaban J connectivity index is 2.76. The molecule has 3 nitrogen and oxygen atoms in total. The monoisotopic (exact) mass is 270 g/mol. The van der Waals surface area contributed by atoms with E-state index in [1.165, 1.54) is 0 Å². The summed E-state index contributed by atoms with van der Waals surface area (Å²) in [5.74, 6) is 0.753. The first-order valence-corrected chi connectivity index (χ1v) is 7.40. The lowest BCUT2D eigenvalue weighted by Gasteiger charge is -2.39.